The summed E-state index contributed by atoms with van der Waals surface area (Å²) in [5.41, 5.74) is 9.02. The molecule has 2 amide bonds. The second-order valence-corrected chi connectivity index (χ2v) is 10.1. The van der Waals surface area contributed by atoms with Crippen molar-refractivity contribution in [3.05, 3.63) is 59.8 Å². The van der Waals surface area contributed by atoms with Crippen molar-refractivity contribution in [2.45, 2.75) is 19.3 Å². The summed E-state index contributed by atoms with van der Waals surface area (Å²) in [5.74, 6) is 0.693. The van der Waals surface area contributed by atoms with E-state index in [1.807, 2.05) is 52.3 Å². The highest BCUT2D eigenvalue weighted by atomic mass is 16.5. The number of nitrogens with zero attached hydrogens (tertiary/aromatic N) is 3. The minimum atomic E-state index is -0.444. The number of anilines is 2. The highest BCUT2D eigenvalue weighted by Gasteiger charge is 2.49. The van der Waals surface area contributed by atoms with Crippen molar-refractivity contribution < 1.29 is 19.1 Å². The number of piperidine rings is 1. The number of hydrogen-bond acceptors (Lipinski definition) is 7. The Labute approximate surface area is 223 Å². The molecular weight excluding hydrogens is 482 g/mol. The van der Waals surface area contributed by atoms with Crippen LogP contribution in [0.15, 0.2) is 48.7 Å². The molecule has 2 aromatic rings. The van der Waals surface area contributed by atoms with Crippen molar-refractivity contribution in [2.24, 2.45) is 11.1 Å². The van der Waals surface area contributed by atoms with Gasteiger partial charge in [0.05, 0.1) is 25.7 Å². The standard InChI is InChI=1S/C29H35N5O4/c1-37-26-18-24(6-7-25(26)22(19-30)20-31)34-13-10-29(28(34)36)8-11-33(12-9-29)27(35)21-2-4-23(5-3-21)32-14-16-38-17-15-32/h2-7,18-20,30H,8-17,31H2,1H3/b22-20+,30-19?. The molecule has 3 fully saturated rings. The maximum atomic E-state index is 13.6. The zero-order chi connectivity index (χ0) is 26.7. The van der Waals surface area contributed by atoms with Crippen LogP contribution in [-0.4, -0.2) is 76.0 Å². The average molecular weight is 518 g/mol. The Morgan fingerprint density at radius 1 is 1.00 bits per heavy atom. The van der Waals surface area contributed by atoms with Crippen molar-refractivity contribution in [3.63, 3.8) is 0 Å². The van der Waals surface area contributed by atoms with Crippen molar-refractivity contribution in [2.75, 3.05) is 62.8 Å². The molecule has 0 atom stereocenters. The zero-order valence-electron chi connectivity index (χ0n) is 21.8. The maximum Gasteiger partial charge on any atom is 0.253 e. The normalized spacial score (nSPS) is 19.7. The van der Waals surface area contributed by atoms with Gasteiger partial charge in [-0.15, -0.1) is 0 Å². The number of carbonyl (C=O) groups excluding carboxylic acids is 2. The third-order valence-electron chi connectivity index (χ3n) is 8.15. The van der Waals surface area contributed by atoms with E-state index in [4.69, 9.17) is 20.6 Å². The van der Waals surface area contributed by atoms with Crippen LogP contribution in [0.25, 0.3) is 5.57 Å². The first-order chi connectivity index (χ1) is 18.5. The van der Waals surface area contributed by atoms with E-state index in [1.54, 1.807) is 7.11 Å². The van der Waals surface area contributed by atoms with Gasteiger partial charge in [0.1, 0.15) is 5.75 Å². The van der Waals surface area contributed by atoms with Crippen molar-refractivity contribution >= 4 is 35.0 Å². The van der Waals surface area contributed by atoms with Gasteiger partial charge in [0.25, 0.3) is 5.91 Å². The largest absolute Gasteiger partial charge is 0.496 e. The summed E-state index contributed by atoms with van der Waals surface area (Å²) in [6, 6.07) is 13.4. The molecule has 200 valence electrons. The molecule has 3 heterocycles. The number of morpholine rings is 1. The van der Waals surface area contributed by atoms with Crippen LogP contribution in [0.3, 0.4) is 0 Å². The summed E-state index contributed by atoms with van der Waals surface area (Å²) in [6.07, 6.45) is 4.63. The second-order valence-electron chi connectivity index (χ2n) is 10.1. The summed E-state index contributed by atoms with van der Waals surface area (Å²) in [7, 11) is 1.57. The third kappa shape index (κ3) is 4.74. The molecule has 0 unspecified atom stereocenters. The number of nitrogens with two attached hydrogens (primary N) is 1. The quantitative estimate of drug-likeness (QED) is 0.570. The number of allylic oxidation sites excluding steroid dienone is 1. The van der Waals surface area contributed by atoms with Crippen molar-refractivity contribution in [3.8, 4) is 5.75 Å². The Hall–Kier alpha value is -3.85. The maximum absolute atomic E-state index is 13.6. The van der Waals surface area contributed by atoms with Gasteiger partial charge in [0.2, 0.25) is 5.91 Å². The Morgan fingerprint density at radius 3 is 2.29 bits per heavy atom. The van der Waals surface area contributed by atoms with E-state index >= 15 is 0 Å². The first kappa shape index (κ1) is 25.8. The third-order valence-corrected chi connectivity index (χ3v) is 8.15. The van der Waals surface area contributed by atoms with Gasteiger partial charge in [0.15, 0.2) is 0 Å². The fourth-order valence-corrected chi connectivity index (χ4v) is 5.79. The molecule has 0 aromatic heterocycles. The molecule has 3 aliphatic rings. The summed E-state index contributed by atoms with van der Waals surface area (Å²) in [5, 5.41) is 7.58. The van der Waals surface area contributed by atoms with E-state index in [-0.39, 0.29) is 11.8 Å². The van der Waals surface area contributed by atoms with Crippen molar-refractivity contribution in [1.82, 2.24) is 4.90 Å². The second kappa shape index (κ2) is 10.9. The predicted octanol–water partition coefficient (Wildman–Crippen LogP) is 3.14. The summed E-state index contributed by atoms with van der Waals surface area (Å²) < 4.78 is 11.0. The zero-order valence-corrected chi connectivity index (χ0v) is 21.8. The average Bonchev–Trinajstić information content (AvgIpc) is 3.29. The first-order valence-electron chi connectivity index (χ1n) is 13.1. The van der Waals surface area contributed by atoms with Gasteiger partial charge in [-0.3, -0.25) is 9.59 Å². The first-order valence-corrected chi connectivity index (χ1v) is 13.1. The summed E-state index contributed by atoms with van der Waals surface area (Å²) in [4.78, 5) is 32.8. The highest BCUT2D eigenvalue weighted by molar-refractivity contribution is 6.09. The van der Waals surface area contributed by atoms with Crippen LogP contribution in [0.5, 0.6) is 5.75 Å². The molecule has 3 saturated heterocycles. The molecule has 5 rings (SSSR count). The van der Waals surface area contributed by atoms with Gasteiger partial charge in [-0.25, -0.2) is 0 Å². The number of nitrogens with one attached hydrogen (secondary N) is 1. The van der Waals surface area contributed by atoms with E-state index in [0.29, 0.717) is 54.9 Å². The monoisotopic (exact) mass is 517 g/mol. The van der Waals surface area contributed by atoms with Gasteiger partial charge >= 0.3 is 0 Å². The number of carbonyl (C=O) groups is 2. The number of methoxy groups -OCH3 is 1. The lowest BCUT2D eigenvalue weighted by Gasteiger charge is -2.38. The smallest absolute Gasteiger partial charge is 0.253 e. The molecule has 0 aliphatic carbocycles. The molecule has 9 nitrogen and oxygen atoms in total. The van der Waals surface area contributed by atoms with E-state index < -0.39 is 5.41 Å². The van der Waals surface area contributed by atoms with Gasteiger partial charge in [-0.05, 0) is 55.7 Å². The molecule has 0 radical (unpaired) electrons. The lowest BCUT2D eigenvalue weighted by molar-refractivity contribution is -0.127. The fraction of sp³-hybridized carbons (Fsp3) is 0.414. The van der Waals surface area contributed by atoms with Crippen LogP contribution in [0.1, 0.15) is 35.2 Å². The molecule has 9 heteroatoms. The predicted molar refractivity (Wildman–Crippen MR) is 148 cm³/mol. The molecule has 1 spiro atoms. The Morgan fingerprint density at radius 2 is 1.66 bits per heavy atom. The Balaban J connectivity index is 1.23. The lowest BCUT2D eigenvalue weighted by Crippen LogP contribution is -2.46. The van der Waals surface area contributed by atoms with Crippen molar-refractivity contribution in [1.29, 1.82) is 5.41 Å². The number of hydrogen-bond donors (Lipinski definition) is 2. The number of likely N-dealkylation sites (tertiary alicyclic amines) is 1. The minimum Gasteiger partial charge on any atom is -0.496 e. The van der Waals surface area contributed by atoms with E-state index in [9.17, 15) is 9.59 Å². The highest BCUT2D eigenvalue weighted by Crippen LogP contribution is 2.44. The Bertz CT molecular complexity index is 1230. The lowest BCUT2D eigenvalue weighted by atomic mass is 9.77. The SMILES string of the molecule is COc1cc(N2CCC3(CCN(C(=O)c4ccc(N5CCOCC5)cc4)CC3)C2=O)ccc1/C(C=N)=C/N. The number of rotatable bonds is 6. The van der Waals surface area contributed by atoms with Crippen LogP contribution in [0, 0.1) is 10.8 Å². The van der Waals surface area contributed by atoms with Crippen LogP contribution >= 0.6 is 0 Å². The molecule has 3 N–H and O–H groups in total. The van der Waals surface area contributed by atoms with E-state index in [0.717, 1.165) is 44.1 Å². The minimum absolute atomic E-state index is 0.0194. The van der Waals surface area contributed by atoms with E-state index in [2.05, 4.69) is 4.90 Å². The van der Waals surface area contributed by atoms with Gasteiger partial charge < -0.3 is 35.3 Å². The fourth-order valence-electron chi connectivity index (χ4n) is 5.79. The summed E-state index contributed by atoms with van der Waals surface area (Å²) >= 11 is 0. The van der Waals surface area contributed by atoms with Crippen LogP contribution in [0.4, 0.5) is 11.4 Å². The molecule has 38 heavy (non-hydrogen) atoms. The molecule has 0 saturated carbocycles. The topological polar surface area (TPSA) is 112 Å². The van der Waals surface area contributed by atoms with Crippen LogP contribution < -0.4 is 20.3 Å². The van der Waals surface area contributed by atoms with Gasteiger partial charge in [-0.2, -0.15) is 0 Å². The Kier molecular flexibility index (Phi) is 7.37. The van der Waals surface area contributed by atoms with E-state index in [1.165, 1.54) is 12.4 Å². The summed E-state index contributed by atoms with van der Waals surface area (Å²) in [6.45, 7) is 4.93. The molecule has 2 aromatic carbocycles. The number of benzene rings is 2. The van der Waals surface area contributed by atoms with Crippen LogP contribution in [0.2, 0.25) is 0 Å². The van der Waals surface area contributed by atoms with Gasteiger partial charge in [0, 0.05) is 79.3 Å². The number of ether oxygens (including phenoxy) is 2. The van der Waals surface area contributed by atoms with Gasteiger partial charge in [-0.1, -0.05) is 0 Å². The molecule has 0 bridgehead atoms. The molecular formula is C29H35N5O4. The van der Waals surface area contributed by atoms with Crippen LogP contribution in [-0.2, 0) is 9.53 Å². The number of amides is 2. The molecule has 3 aliphatic heterocycles.